The van der Waals surface area contributed by atoms with Gasteiger partial charge in [-0.25, -0.2) is 0 Å². The van der Waals surface area contributed by atoms with E-state index in [0.717, 1.165) is 0 Å². The topological polar surface area (TPSA) is 0 Å². The molecule has 0 aromatic heterocycles. The summed E-state index contributed by atoms with van der Waals surface area (Å²) >= 11 is 0. The molecule has 0 amide bonds. The maximum Gasteiger partial charge on any atom is 0.113 e. The molecule has 0 atom stereocenters. The number of allylic oxidation sites excluding steroid dienone is 1. The van der Waals surface area contributed by atoms with Crippen molar-refractivity contribution in [2.24, 2.45) is 0 Å². The number of hydrogen-bond acceptors (Lipinski definition) is 0. The molecule has 0 aliphatic carbocycles. The number of benzene rings is 2. The molecule has 1 heteroatoms. The van der Waals surface area contributed by atoms with Crippen molar-refractivity contribution in [3.8, 4) is 0 Å². The predicted octanol–water partition coefficient (Wildman–Crippen LogP) is 3.85. The van der Waals surface area contributed by atoms with Gasteiger partial charge in [0.05, 0.1) is 0 Å². The monoisotopic (exact) mass is 266 g/mol. The summed E-state index contributed by atoms with van der Waals surface area (Å²) in [7, 11) is -1.62. The van der Waals surface area contributed by atoms with Gasteiger partial charge in [-0.15, -0.1) is 0 Å². The maximum absolute atomic E-state index is 2.43. The van der Waals surface area contributed by atoms with E-state index in [1.807, 2.05) is 0 Å². The second-order valence-corrected chi connectivity index (χ2v) is 9.95. The minimum Gasteiger partial charge on any atom is -0.0871 e. The van der Waals surface area contributed by atoms with Crippen LogP contribution in [0.25, 0.3) is 6.08 Å². The summed E-state index contributed by atoms with van der Waals surface area (Å²) in [6.07, 6.45) is 4.36. The Hall–Kier alpha value is -1.60. The molecule has 0 radical (unpaired) electrons. The molecule has 98 valence electrons. The molecule has 2 rings (SSSR count). The van der Waals surface area contributed by atoms with Crippen LogP contribution in [0.3, 0.4) is 0 Å². The zero-order valence-corrected chi connectivity index (χ0v) is 13.3. The SMILES string of the molecule is C/C=C/c1ccc(C)cc1[Si](C)(C)c1ccccc1. The molecule has 0 bridgehead atoms. The van der Waals surface area contributed by atoms with Crippen LogP contribution in [-0.2, 0) is 0 Å². The highest BCUT2D eigenvalue weighted by Gasteiger charge is 2.27. The van der Waals surface area contributed by atoms with E-state index in [1.165, 1.54) is 21.5 Å². The minimum absolute atomic E-state index is 1.35. The second kappa shape index (κ2) is 5.58. The zero-order chi connectivity index (χ0) is 13.9. The summed E-state index contributed by atoms with van der Waals surface area (Å²) in [5.41, 5.74) is 2.72. The first-order valence-electron chi connectivity index (χ1n) is 6.85. The van der Waals surface area contributed by atoms with Gasteiger partial charge in [0.2, 0.25) is 0 Å². The molecule has 0 saturated heterocycles. The van der Waals surface area contributed by atoms with Gasteiger partial charge in [0.15, 0.2) is 0 Å². The lowest BCUT2D eigenvalue weighted by atomic mass is 10.1. The van der Waals surface area contributed by atoms with E-state index in [2.05, 4.69) is 87.6 Å². The van der Waals surface area contributed by atoms with Gasteiger partial charge in [-0.05, 0) is 24.6 Å². The third-order valence-corrected chi connectivity index (χ3v) is 7.28. The van der Waals surface area contributed by atoms with Crippen molar-refractivity contribution in [3.63, 3.8) is 0 Å². The molecular weight excluding hydrogens is 244 g/mol. The Morgan fingerprint density at radius 3 is 2.26 bits per heavy atom. The lowest BCUT2D eigenvalue weighted by molar-refractivity contribution is 1.47. The van der Waals surface area contributed by atoms with Crippen molar-refractivity contribution < 1.29 is 0 Å². The van der Waals surface area contributed by atoms with Crippen LogP contribution in [0.4, 0.5) is 0 Å². The molecule has 0 nitrogen and oxygen atoms in total. The molecule has 0 N–H and O–H groups in total. The molecule has 0 aliphatic heterocycles. The largest absolute Gasteiger partial charge is 0.113 e. The van der Waals surface area contributed by atoms with Crippen molar-refractivity contribution in [2.45, 2.75) is 26.9 Å². The summed E-state index contributed by atoms with van der Waals surface area (Å²) < 4.78 is 0. The molecule has 0 saturated carbocycles. The van der Waals surface area contributed by atoms with Gasteiger partial charge in [-0.2, -0.15) is 0 Å². The van der Waals surface area contributed by atoms with Crippen molar-refractivity contribution in [1.29, 1.82) is 0 Å². The molecular formula is C18H22Si. The van der Waals surface area contributed by atoms with E-state index >= 15 is 0 Å². The van der Waals surface area contributed by atoms with Crippen LogP contribution < -0.4 is 10.4 Å². The van der Waals surface area contributed by atoms with Crippen molar-refractivity contribution in [3.05, 3.63) is 65.7 Å². The summed E-state index contributed by atoms with van der Waals surface area (Å²) in [6.45, 7) is 9.13. The Labute approximate surface area is 117 Å². The van der Waals surface area contributed by atoms with E-state index < -0.39 is 8.07 Å². The average Bonchev–Trinajstić information content (AvgIpc) is 2.42. The van der Waals surface area contributed by atoms with Crippen LogP contribution in [0.5, 0.6) is 0 Å². The Kier molecular flexibility index (Phi) is 4.06. The Morgan fingerprint density at radius 2 is 1.63 bits per heavy atom. The molecule has 19 heavy (non-hydrogen) atoms. The first-order valence-corrected chi connectivity index (χ1v) is 9.85. The van der Waals surface area contributed by atoms with Gasteiger partial charge in [0, 0.05) is 0 Å². The first-order chi connectivity index (χ1) is 9.05. The minimum atomic E-state index is -1.62. The quantitative estimate of drug-likeness (QED) is 0.740. The van der Waals surface area contributed by atoms with Gasteiger partial charge >= 0.3 is 0 Å². The summed E-state index contributed by atoms with van der Waals surface area (Å²) in [4.78, 5) is 0. The fourth-order valence-corrected chi connectivity index (χ4v) is 5.36. The van der Waals surface area contributed by atoms with Gasteiger partial charge in [0.1, 0.15) is 8.07 Å². The number of aryl methyl sites for hydroxylation is 1. The van der Waals surface area contributed by atoms with E-state index in [1.54, 1.807) is 0 Å². The highest BCUT2D eigenvalue weighted by atomic mass is 28.3. The van der Waals surface area contributed by atoms with Crippen LogP contribution in [0.15, 0.2) is 54.6 Å². The van der Waals surface area contributed by atoms with E-state index in [4.69, 9.17) is 0 Å². The molecule has 0 aliphatic rings. The Balaban J connectivity index is 2.59. The van der Waals surface area contributed by atoms with E-state index in [-0.39, 0.29) is 0 Å². The predicted molar refractivity (Wildman–Crippen MR) is 89.1 cm³/mol. The first kappa shape index (κ1) is 13.8. The maximum atomic E-state index is 2.43. The molecule has 0 unspecified atom stereocenters. The third-order valence-electron chi connectivity index (χ3n) is 3.72. The third kappa shape index (κ3) is 2.87. The van der Waals surface area contributed by atoms with Gasteiger partial charge in [-0.3, -0.25) is 0 Å². The van der Waals surface area contributed by atoms with Crippen molar-refractivity contribution in [1.82, 2.24) is 0 Å². The fraction of sp³-hybridized carbons (Fsp3) is 0.222. The normalized spacial score (nSPS) is 12.0. The van der Waals surface area contributed by atoms with E-state index in [9.17, 15) is 0 Å². The van der Waals surface area contributed by atoms with Crippen LogP contribution >= 0.6 is 0 Å². The van der Waals surface area contributed by atoms with Gasteiger partial charge < -0.3 is 0 Å². The van der Waals surface area contributed by atoms with Crippen molar-refractivity contribution in [2.75, 3.05) is 0 Å². The highest BCUT2D eigenvalue weighted by molar-refractivity contribution is 7.00. The summed E-state index contributed by atoms with van der Waals surface area (Å²) in [6, 6.07) is 17.8. The lowest BCUT2D eigenvalue weighted by Gasteiger charge is -2.26. The Morgan fingerprint density at radius 1 is 0.947 bits per heavy atom. The van der Waals surface area contributed by atoms with Crippen molar-refractivity contribution >= 4 is 24.5 Å². The molecule has 0 fully saturated rings. The van der Waals surface area contributed by atoms with E-state index in [0.29, 0.717) is 0 Å². The van der Waals surface area contributed by atoms with Gasteiger partial charge in [0.25, 0.3) is 0 Å². The van der Waals surface area contributed by atoms with Crippen LogP contribution in [0, 0.1) is 6.92 Å². The Bertz CT molecular complexity index is 580. The average molecular weight is 266 g/mol. The smallest absolute Gasteiger partial charge is 0.0871 e. The number of rotatable bonds is 3. The van der Waals surface area contributed by atoms with Crippen LogP contribution in [-0.4, -0.2) is 8.07 Å². The fourth-order valence-electron chi connectivity index (χ4n) is 2.55. The molecule has 2 aromatic carbocycles. The van der Waals surface area contributed by atoms with Crippen LogP contribution in [0.2, 0.25) is 13.1 Å². The standard InChI is InChI=1S/C18H22Si/c1-5-9-16-13-12-15(2)14-18(16)19(3,4)17-10-7-6-8-11-17/h5-14H,1-4H3/b9-5+. The highest BCUT2D eigenvalue weighted by Crippen LogP contribution is 2.12. The second-order valence-electron chi connectivity index (χ2n) is 5.58. The van der Waals surface area contributed by atoms with Crippen LogP contribution in [0.1, 0.15) is 18.1 Å². The number of hydrogen-bond donors (Lipinski definition) is 0. The van der Waals surface area contributed by atoms with Gasteiger partial charge in [-0.1, -0.05) is 84.5 Å². The lowest BCUT2D eigenvalue weighted by Crippen LogP contribution is -2.53. The molecule has 0 spiro atoms. The molecule has 0 heterocycles. The molecule has 2 aromatic rings. The zero-order valence-electron chi connectivity index (χ0n) is 12.3. The summed E-state index contributed by atoms with van der Waals surface area (Å²) in [5, 5.41) is 3.02. The summed E-state index contributed by atoms with van der Waals surface area (Å²) in [5.74, 6) is 0.